The first-order chi connectivity index (χ1) is 16.6. The van der Waals surface area contributed by atoms with Crippen LogP contribution in [0.3, 0.4) is 0 Å². The number of methoxy groups -OCH3 is 1. The average molecular weight is 457 g/mol. The normalized spacial score (nSPS) is 10.5. The molecular formula is C26H24N4O4. The predicted octanol–water partition coefficient (Wildman–Crippen LogP) is 4.17. The van der Waals surface area contributed by atoms with Crippen molar-refractivity contribution in [1.82, 2.24) is 20.8 Å². The van der Waals surface area contributed by atoms with Crippen molar-refractivity contribution in [1.29, 1.82) is 0 Å². The van der Waals surface area contributed by atoms with Crippen molar-refractivity contribution in [2.45, 2.75) is 13.3 Å². The van der Waals surface area contributed by atoms with Crippen molar-refractivity contribution >= 4 is 22.7 Å². The van der Waals surface area contributed by atoms with Crippen LogP contribution in [0.2, 0.25) is 0 Å². The molecule has 2 aromatic heterocycles. The topological polar surface area (TPSA) is 102 Å². The standard InChI is InChI=1S/C26H24N4O4/c1-3-14-34-23-9-8-18(15-24(23)33-2)25(31)29-30-26(32)20-16-22(17-10-12-27-13-11-17)28-21-7-5-4-6-19(20)21/h4-13,15-16H,3,14H2,1-2H3,(H,29,31)(H,30,32). The molecule has 2 heterocycles. The molecule has 4 aromatic rings. The van der Waals surface area contributed by atoms with E-state index in [-0.39, 0.29) is 0 Å². The Hall–Kier alpha value is -4.46. The van der Waals surface area contributed by atoms with E-state index in [2.05, 4.69) is 20.8 Å². The summed E-state index contributed by atoms with van der Waals surface area (Å²) in [5.74, 6) is 0.0462. The Bertz CT molecular complexity index is 1330. The SMILES string of the molecule is CCCOc1ccc(C(=O)NNC(=O)c2cc(-c3ccncc3)nc3ccccc23)cc1OC. The lowest BCUT2D eigenvalue weighted by Crippen LogP contribution is -2.41. The zero-order valence-corrected chi connectivity index (χ0v) is 18.9. The number of para-hydroxylation sites is 1. The number of pyridine rings is 2. The van der Waals surface area contributed by atoms with Crippen molar-refractivity contribution in [3.05, 3.63) is 84.2 Å². The Morgan fingerprint density at radius 3 is 2.44 bits per heavy atom. The number of nitrogens with zero attached hydrogens (tertiary/aromatic N) is 2. The molecule has 0 spiro atoms. The van der Waals surface area contributed by atoms with Gasteiger partial charge in [0, 0.05) is 28.9 Å². The average Bonchev–Trinajstić information content (AvgIpc) is 2.90. The number of fused-ring (bicyclic) bond motifs is 1. The van der Waals surface area contributed by atoms with Gasteiger partial charge in [-0.2, -0.15) is 0 Å². The van der Waals surface area contributed by atoms with E-state index >= 15 is 0 Å². The zero-order valence-electron chi connectivity index (χ0n) is 18.9. The van der Waals surface area contributed by atoms with Gasteiger partial charge in [0.25, 0.3) is 11.8 Å². The minimum Gasteiger partial charge on any atom is -0.493 e. The van der Waals surface area contributed by atoms with Crippen LogP contribution in [0, 0.1) is 0 Å². The van der Waals surface area contributed by atoms with Gasteiger partial charge in [-0.3, -0.25) is 25.4 Å². The first kappa shape index (κ1) is 22.7. The van der Waals surface area contributed by atoms with Gasteiger partial charge in [-0.15, -0.1) is 0 Å². The summed E-state index contributed by atoms with van der Waals surface area (Å²) in [5, 5.41) is 0.672. The highest BCUT2D eigenvalue weighted by Gasteiger charge is 2.16. The highest BCUT2D eigenvalue weighted by Crippen LogP contribution is 2.28. The summed E-state index contributed by atoms with van der Waals surface area (Å²) in [6.07, 6.45) is 4.18. The van der Waals surface area contributed by atoms with Gasteiger partial charge >= 0.3 is 0 Å². The molecule has 0 fully saturated rings. The predicted molar refractivity (Wildman–Crippen MR) is 129 cm³/mol. The van der Waals surface area contributed by atoms with E-state index in [0.29, 0.717) is 45.8 Å². The number of aromatic nitrogens is 2. The fraction of sp³-hybridized carbons (Fsp3) is 0.154. The summed E-state index contributed by atoms with van der Waals surface area (Å²) in [7, 11) is 1.51. The summed E-state index contributed by atoms with van der Waals surface area (Å²) in [4.78, 5) is 34.4. The summed E-state index contributed by atoms with van der Waals surface area (Å²) in [5.41, 5.74) is 7.81. The fourth-order valence-corrected chi connectivity index (χ4v) is 3.43. The van der Waals surface area contributed by atoms with Gasteiger partial charge in [-0.25, -0.2) is 4.98 Å². The van der Waals surface area contributed by atoms with E-state index in [1.165, 1.54) is 7.11 Å². The van der Waals surface area contributed by atoms with Crippen LogP contribution < -0.4 is 20.3 Å². The maximum atomic E-state index is 13.1. The smallest absolute Gasteiger partial charge is 0.270 e. The molecule has 0 saturated heterocycles. The summed E-state index contributed by atoms with van der Waals surface area (Å²) >= 11 is 0. The van der Waals surface area contributed by atoms with E-state index in [9.17, 15) is 9.59 Å². The largest absolute Gasteiger partial charge is 0.493 e. The number of hydrogen-bond acceptors (Lipinski definition) is 6. The molecule has 8 nitrogen and oxygen atoms in total. The summed E-state index contributed by atoms with van der Waals surface area (Å²) in [6.45, 7) is 2.54. The van der Waals surface area contributed by atoms with Crippen LogP contribution in [0.4, 0.5) is 0 Å². The molecule has 4 rings (SSSR count). The van der Waals surface area contributed by atoms with Gasteiger partial charge in [0.05, 0.1) is 30.5 Å². The maximum absolute atomic E-state index is 13.1. The first-order valence-corrected chi connectivity index (χ1v) is 10.8. The van der Waals surface area contributed by atoms with Crippen LogP contribution in [-0.2, 0) is 0 Å². The molecule has 0 aliphatic carbocycles. The Morgan fingerprint density at radius 2 is 1.68 bits per heavy atom. The molecular weight excluding hydrogens is 432 g/mol. The molecule has 0 aliphatic rings. The van der Waals surface area contributed by atoms with Gasteiger partial charge in [0.2, 0.25) is 0 Å². The molecule has 0 radical (unpaired) electrons. The quantitative estimate of drug-likeness (QED) is 0.405. The zero-order chi connectivity index (χ0) is 23.9. The van der Waals surface area contributed by atoms with E-state index in [1.54, 1.807) is 36.7 Å². The van der Waals surface area contributed by atoms with Crippen LogP contribution in [0.1, 0.15) is 34.1 Å². The first-order valence-electron chi connectivity index (χ1n) is 10.8. The molecule has 0 bridgehead atoms. The Labute approximate surface area is 196 Å². The number of hydrogen-bond donors (Lipinski definition) is 2. The van der Waals surface area contributed by atoms with Gasteiger partial charge < -0.3 is 9.47 Å². The highest BCUT2D eigenvalue weighted by molar-refractivity contribution is 6.08. The molecule has 2 amide bonds. The number of benzene rings is 2. The Morgan fingerprint density at radius 1 is 0.912 bits per heavy atom. The van der Waals surface area contributed by atoms with Crippen LogP contribution in [0.5, 0.6) is 11.5 Å². The van der Waals surface area contributed by atoms with Crippen LogP contribution in [0.15, 0.2) is 73.1 Å². The maximum Gasteiger partial charge on any atom is 0.270 e. The number of hydrazine groups is 1. The van der Waals surface area contributed by atoms with Gasteiger partial charge in [0.1, 0.15) is 0 Å². The highest BCUT2D eigenvalue weighted by atomic mass is 16.5. The van der Waals surface area contributed by atoms with Gasteiger partial charge in [0.15, 0.2) is 11.5 Å². The van der Waals surface area contributed by atoms with Gasteiger partial charge in [-0.05, 0) is 48.9 Å². The fourth-order valence-electron chi connectivity index (χ4n) is 3.43. The second-order valence-corrected chi connectivity index (χ2v) is 7.43. The second-order valence-electron chi connectivity index (χ2n) is 7.43. The monoisotopic (exact) mass is 456 g/mol. The molecule has 172 valence electrons. The van der Waals surface area contributed by atoms with Crippen molar-refractivity contribution in [2.24, 2.45) is 0 Å². The number of ether oxygens (including phenoxy) is 2. The van der Waals surface area contributed by atoms with Crippen molar-refractivity contribution in [2.75, 3.05) is 13.7 Å². The number of carbonyl (C=O) groups excluding carboxylic acids is 2. The molecule has 2 N–H and O–H groups in total. The molecule has 0 aliphatic heterocycles. The molecule has 0 saturated carbocycles. The van der Waals surface area contributed by atoms with Crippen molar-refractivity contribution < 1.29 is 19.1 Å². The van der Waals surface area contributed by atoms with Crippen molar-refractivity contribution in [3.8, 4) is 22.8 Å². The third-order valence-corrected chi connectivity index (χ3v) is 5.11. The van der Waals surface area contributed by atoms with Crippen LogP contribution in [-0.4, -0.2) is 35.5 Å². The lowest BCUT2D eigenvalue weighted by Gasteiger charge is -2.13. The van der Waals surface area contributed by atoms with Crippen LogP contribution in [0.25, 0.3) is 22.2 Å². The van der Waals surface area contributed by atoms with Gasteiger partial charge in [-0.1, -0.05) is 25.1 Å². The van der Waals surface area contributed by atoms with Crippen molar-refractivity contribution in [3.63, 3.8) is 0 Å². The van der Waals surface area contributed by atoms with E-state index in [4.69, 9.17) is 9.47 Å². The third kappa shape index (κ3) is 4.96. The molecule has 8 heteroatoms. The van der Waals surface area contributed by atoms with E-state index in [1.807, 2.05) is 43.3 Å². The summed E-state index contributed by atoms with van der Waals surface area (Å²) < 4.78 is 10.9. The Kier molecular flexibility index (Phi) is 6.98. The molecule has 2 aromatic carbocycles. The Balaban J connectivity index is 1.55. The summed E-state index contributed by atoms with van der Waals surface area (Å²) in [6, 6.07) is 17.5. The van der Waals surface area contributed by atoms with E-state index in [0.717, 1.165) is 12.0 Å². The second kappa shape index (κ2) is 10.4. The molecule has 0 atom stereocenters. The number of rotatable bonds is 7. The number of amides is 2. The van der Waals surface area contributed by atoms with E-state index < -0.39 is 11.8 Å². The number of carbonyl (C=O) groups is 2. The minimum absolute atomic E-state index is 0.318. The lowest BCUT2D eigenvalue weighted by atomic mass is 10.0. The molecule has 0 unspecified atom stereocenters. The molecule has 34 heavy (non-hydrogen) atoms. The minimum atomic E-state index is -0.485. The van der Waals surface area contributed by atoms with Crippen LogP contribution >= 0.6 is 0 Å². The number of nitrogens with one attached hydrogen (secondary N) is 2. The lowest BCUT2D eigenvalue weighted by molar-refractivity contribution is 0.0847. The third-order valence-electron chi connectivity index (χ3n) is 5.11.